The van der Waals surface area contributed by atoms with Gasteiger partial charge in [-0.15, -0.1) is 11.8 Å². The summed E-state index contributed by atoms with van der Waals surface area (Å²) in [6.07, 6.45) is 0. The van der Waals surface area contributed by atoms with Crippen LogP contribution < -0.4 is 10.6 Å². The molecule has 0 bridgehead atoms. The molecule has 0 radical (unpaired) electrons. The summed E-state index contributed by atoms with van der Waals surface area (Å²) < 4.78 is 5.14. The van der Waals surface area contributed by atoms with E-state index in [2.05, 4.69) is 23.9 Å². The fraction of sp³-hybridized carbons (Fsp3) is 0.500. The average Bonchev–Trinajstić information content (AvgIpc) is 2.48. The van der Waals surface area contributed by atoms with Gasteiger partial charge in [0.05, 0.1) is 12.2 Å². The number of hydrogen-bond acceptors (Lipinski definition) is 5. The number of hydrogen-bond donors (Lipinski definition) is 2. The number of thioether (sulfide) groups is 1. The number of amidine groups is 1. The first kappa shape index (κ1) is 16.7. The van der Waals surface area contributed by atoms with Gasteiger partial charge in [-0.25, -0.2) is 0 Å². The zero-order chi connectivity index (χ0) is 15.0. The third-order valence-corrected chi connectivity index (χ3v) is 3.90. The van der Waals surface area contributed by atoms with Gasteiger partial charge in [-0.2, -0.15) is 0 Å². The number of likely N-dealkylation sites (N-methyl/N-ethyl adjacent to an activating group) is 1. The molecule has 0 aromatic heterocycles. The van der Waals surface area contributed by atoms with Crippen LogP contribution in [-0.4, -0.2) is 43.6 Å². The molecule has 0 saturated carbocycles. The molecule has 3 N–H and O–H groups in total. The van der Waals surface area contributed by atoms with Gasteiger partial charge in [-0.3, -0.25) is 0 Å². The largest absolute Gasteiger partial charge is 0.409 e. The molecule has 0 saturated heterocycles. The van der Waals surface area contributed by atoms with E-state index in [0.29, 0.717) is 6.61 Å². The van der Waals surface area contributed by atoms with Crippen molar-refractivity contribution in [1.82, 2.24) is 0 Å². The van der Waals surface area contributed by atoms with Crippen LogP contribution >= 0.6 is 11.8 Å². The number of anilines is 1. The van der Waals surface area contributed by atoms with E-state index >= 15 is 0 Å². The first-order valence-electron chi connectivity index (χ1n) is 6.67. The molecule has 0 fully saturated rings. The second kappa shape index (κ2) is 8.71. The summed E-state index contributed by atoms with van der Waals surface area (Å²) in [5.74, 6) is 1.08. The highest BCUT2D eigenvalue weighted by molar-refractivity contribution is 7.99. The highest BCUT2D eigenvalue weighted by Crippen LogP contribution is 2.30. The van der Waals surface area contributed by atoms with Gasteiger partial charge in [0, 0.05) is 30.8 Å². The minimum absolute atomic E-state index is 0.146. The normalized spacial score (nSPS) is 11.7. The molecule has 0 spiro atoms. The number of nitrogens with two attached hydrogens (primary N) is 1. The molecule has 0 aliphatic heterocycles. The van der Waals surface area contributed by atoms with Crippen LogP contribution in [0.3, 0.4) is 0 Å². The number of methoxy groups -OCH3 is 1. The molecule has 112 valence electrons. The van der Waals surface area contributed by atoms with Crippen molar-refractivity contribution in [2.75, 3.05) is 37.5 Å². The van der Waals surface area contributed by atoms with Crippen molar-refractivity contribution in [3.8, 4) is 0 Å². The zero-order valence-electron chi connectivity index (χ0n) is 12.3. The highest BCUT2D eigenvalue weighted by Gasteiger charge is 2.17. The van der Waals surface area contributed by atoms with Crippen LogP contribution in [0.15, 0.2) is 28.3 Å². The topological polar surface area (TPSA) is 71.1 Å². The van der Waals surface area contributed by atoms with Gasteiger partial charge >= 0.3 is 0 Å². The van der Waals surface area contributed by atoms with Crippen molar-refractivity contribution in [3.63, 3.8) is 0 Å². The molecule has 0 amide bonds. The Morgan fingerprint density at radius 3 is 2.75 bits per heavy atom. The van der Waals surface area contributed by atoms with E-state index in [-0.39, 0.29) is 5.84 Å². The molecule has 0 aliphatic rings. The van der Waals surface area contributed by atoms with Crippen LogP contribution in [0.25, 0.3) is 0 Å². The molecule has 5 nitrogen and oxygen atoms in total. The molecule has 1 rings (SSSR count). The molecule has 0 unspecified atom stereocenters. The maximum Gasteiger partial charge on any atom is 0.173 e. The Kier molecular flexibility index (Phi) is 7.25. The summed E-state index contributed by atoms with van der Waals surface area (Å²) in [6, 6.07) is 5.98. The van der Waals surface area contributed by atoms with E-state index in [1.165, 1.54) is 0 Å². The lowest BCUT2D eigenvalue weighted by Gasteiger charge is -2.26. The molecule has 6 heteroatoms. The van der Waals surface area contributed by atoms with Crippen LogP contribution in [0.2, 0.25) is 0 Å². The molecule has 0 atom stereocenters. The molecular weight excluding hydrogens is 274 g/mol. The van der Waals surface area contributed by atoms with E-state index in [4.69, 9.17) is 15.7 Å². The van der Waals surface area contributed by atoms with E-state index in [0.717, 1.165) is 35.0 Å². The Balaban J connectivity index is 3.25. The Labute approximate surface area is 124 Å². The first-order valence-corrected chi connectivity index (χ1v) is 7.65. The lowest BCUT2D eigenvalue weighted by Crippen LogP contribution is -2.30. The monoisotopic (exact) mass is 297 g/mol. The second-order valence-electron chi connectivity index (χ2n) is 4.14. The SMILES string of the molecule is CCSc1cccc(N(CC)CCOC)c1/C(N)=N/O. The van der Waals surface area contributed by atoms with E-state index in [1.54, 1.807) is 18.9 Å². The van der Waals surface area contributed by atoms with Gasteiger partial charge in [0.15, 0.2) is 5.84 Å². The van der Waals surface area contributed by atoms with Gasteiger partial charge < -0.3 is 20.6 Å². The fourth-order valence-electron chi connectivity index (χ4n) is 2.02. The molecular formula is C14H23N3O2S. The van der Waals surface area contributed by atoms with Crippen LogP contribution in [0.5, 0.6) is 0 Å². The van der Waals surface area contributed by atoms with Crippen molar-refractivity contribution in [2.45, 2.75) is 18.7 Å². The summed E-state index contributed by atoms with van der Waals surface area (Å²) in [5, 5.41) is 12.2. The first-order chi connectivity index (χ1) is 9.69. The average molecular weight is 297 g/mol. The quantitative estimate of drug-likeness (QED) is 0.253. The predicted octanol–water partition coefficient (Wildman–Crippen LogP) is 2.37. The number of benzene rings is 1. The van der Waals surface area contributed by atoms with E-state index < -0.39 is 0 Å². The van der Waals surface area contributed by atoms with E-state index in [9.17, 15) is 0 Å². The summed E-state index contributed by atoms with van der Waals surface area (Å²) in [5.41, 5.74) is 7.64. The second-order valence-corrected chi connectivity index (χ2v) is 5.45. The zero-order valence-corrected chi connectivity index (χ0v) is 13.1. The van der Waals surface area contributed by atoms with Gasteiger partial charge in [-0.1, -0.05) is 18.1 Å². The minimum atomic E-state index is 0.146. The summed E-state index contributed by atoms with van der Waals surface area (Å²) >= 11 is 1.68. The summed E-state index contributed by atoms with van der Waals surface area (Å²) in [6.45, 7) is 6.38. The van der Waals surface area contributed by atoms with Gasteiger partial charge in [-0.05, 0) is 24.8 Å². The van der Waals surface area contributed by atoms with Crippen LogP contribution in [0.4, 0.5) is 5.69 Å². The summed E-state index contributed by atoms with van der Waals surface area (Å²) in [4.78, 5) is 3.19. The third kappa shape index (κ3) is 4.05. The Bertz CT molecular complexity index is 452. The van der Waals surface area contributed by atoms with Crippen molar-refractivity contribution < 1.29 is 9.94 Å². The van der Waals surface area contributed by atoms with Crippen molar-refractivity contribution in [2.24, 2.45) is 10.9 Å². The predicted molar refractivity (Wildman–Crippen MR) is 85.1 cm³/mol. The number of ether oxygens (including phenoxy) is 1. The highest BCUT2D eigenvalue weighted by atomic mass is 32.2. The van der Waals surface area contributed by atoms with E-state index in [1.807, 2.05) is 18.2 Å². The standard InChI is InChI=1S/C14H23N3O2S/c1-4-17(9-10-19-3)11-7-6-8-12(20-5-2)13(11)14(15)16-18/h6-8,18H,4-5,9-10H2,1-3H3,(H2,15,16). The Hall–Kier alpha value is -1.40. The van der Waals surface area contributed by atoms with Gasteiger partial charge in [0.2, 0.25) is 0 Å². The maximum atomic E-state index is 9.05. The number of oxime groups is 1. The lowest BCUT2D eigenvalue weighted by atomic mass is 10.1. The van der Waals surface area contributed by atoms with Crippen molar-refractivity contribution >= 4 is 23.3 Å². The fourth-order valence-corrected chi connectivity index (χ4v) is 2.86. The van der Waals surface area contributed by atoms with Crippen molar-refractivity contribution in [1.29, 1.82) is 0 Å². The van der Waals surface area contributed by atoms with Crippen LogP contribution in [-0.2, 0) is 4.74 Å². The molecule has 0 aliphatic carbocycles. The molecule has 20 heavy (non-hydrogen) atoms. The van der Waals surface area contributed by atoms with Crippen molar-refractivity contribution in [3.05, 3.63) is 23.8 Å². The maximum absolute atomic E-state index is 9.05. The van der Waals surface area contributed by atoms with Crippen LogP contribution in [0, 0.1) is 0 Å². The molecule has 1 aromatic carbocycles. The minimum Gasteiger partial charge on any atom is -0.409 e. The molecule has 0 heterocycles. The Morgan fingerprint density at radius 1 is 1.45 bits per heavy atom. The smallest absolute Gasteiger partial charge is 0.173 e. The summed E-state index contributed by atoms with van der Waals surface area (Å²) in [7, 11) is 1.68. The van der Waals surface area contributed by atoms with Gasteiger partial charge in [0.1, 0.15) is 0 Å². The number of nitrogens with zero attached hydrogens (tertiary/aromatic N) is 2. The number of rotatable bonds is 8. The lowest BCUT2D eigenvalue weighted by molar-refractivity contribution is 0.205. The van der Waals surface area contributed by atoms with Gasteiger partial charge in [0.25, 0.3) is 0 Å². The van der Waals surface area contributed by atoms with Crippen LogP contribution in [0.1, 0.15) is 19.4 Å². The third-order valence-electron chi connectivity index (χ3n) is 2.96. The Morgan fingerprint density at radius 2 is 2.20 bits per heavy atom. The molecule has 1 aromatic rings.